The molecule has 0 heterocycles. The predicted molar refractivity (Wildman–Crippen MR) is 90.0 cm³/mol. The SMILES string of the molecule is COc1ccc(Cl)cc1NC(=O)COc1ccc(C)cc1[N+](=O)[O-]. The topological polar surface area (TPSA) is 90.7 Å². The number of nitrogens with zero attached hydrogens (tertiary/aromatic N) is 1. The highest BCUT2D eigenvalue weighted by Gasteiger charge is 2.17. The van der Waals surface area contributed by atoms with Crippen LogP contribution in [0.5, 0.6) is 11.5 Å². The highest BCUT2D eigenvalue weighted by atomic mass is 35.5. The molecule has 2 aromatic carbocycles. The van der Waals surface area contributed by atoms with E-state index in [1.54, 1.807) is 25.1 Å². The van der Waals surface area contributed by atoms with Crippen LogP contribution < -0.4 is 14.8 Å². The van der Waals surface area contributed by atoms with Crippen molar-refractivity contribution >= 4 is 28.9 Å². The largest absolute Gasteiger partial charge is 0.495 e. The number of halogens is 1. The van der Waals surface area contributed by atoms with Gasteiger partial charge in [-0.3, -0.25) is 14.9 Å². The second-order valence-corrected chi connectivity index (χ2v) is 5.35. The normalized spacial score (nSPS) is 10.1. The highest BCUT2D eigenvalue weighted by molar-refractivity contribution is 6.31. The first kappa shape index (κ1) is 17.6. The number of carbonyl (C=O) groups is 1. The Morgan fingerprint density at radius 1 is 1.25 bits per heavy atom. The molecule has 0 spiro atoms. The van der Waals surface area contributed by atoms with E-state index in [-0.39, 0.29) is 18.0 Å². The first-order valence-corrected chi connectivity index (χ1v) is 7.29. The van der Waals surface area contributed by atoms with Crippen LogP contribution in [0.3, 0.4) is 0 Å². The van der Waals surface area contributed by atoms with Crippen LogP contribution in [0.25, 0.3) is 0 Å². The first-order valence-electron chi connectivity index (χ1n) is 6.92. The summed E-state index contributed by atoms with van der Waals surface area (Å²) in [6.07, 6.45) is 0. The van der Waals surface area contributed by atoms with Gasteiger partial charge < -0.3 is 14.8 Å². The third-order valence-corrected chi connectivity index (χ3v) is 3.34. The van der Waals surface area contributed by atoms with Crippen LogP contribution in [0.15, 0.2) is 36.4 Å². The number of aryl methyl sites for hydroxylation is 1. The Morgan fingerprint density at radius 3 is 2.62 bits per heavy atom. The minimum Gasteiger partial charge on any atom is -0.495 e. The number of anilines is 1. The number of hydrogen-bond donors (Lipinski definition) is 1. The summed E-state index contributed by atoms with van der Waals surface area (Å²) >= 11 is 5.89. The van der Waals surface area contributed by atoms with Gasteiger partial charge in [-0.1, -0.05) is 17.7 Å². The molecule has 0 saturated heterocycles. The molecule has 2 aromatic rings. The summed E-state index contributed by atoms with van der Waals surface area (Å²) in [5.74, 6) is -0.0293. The number of hydrogen-bond acceptors (Lipinski definition) is 5. The average molecular weight is 351 g/mol. The molecule has 0 aromatic heterocycles. The molecule has 0 radical (unpaired) electrons. The zero-order valence-corrected chi connectivity index (χ0v) is 13.8. The zero-order valence-electron chi connectivity index (χ0n) is 13.0. The van der Waals surface area contributed by atoms with Crippen molar-refractivity contribution in [2.24, 2.45) is 0 Å². The van der Waals surface area contributed by atoms with Gasteiger partial charge in [-0.15, -0.1) is 0 Å². The summed E-state index contributed by atoms with van der Waals surface area (Å²) in [6, 6.07) is 9.28. The molecule has 24 heavy (non-hydrogen) atoms. The van der Waals surface area contributed by atoms with E-state index in [4.69, 9.17) is 21.1 Å². The minimum atomic E-state index is -0.555. The van der Waals surface area contributed by atoms with Crippen molar-refractivity contribution in [3.05, 3.63) is 57.1 Å². The van der Waals surface area contributed by atoms with Crippen molar-refractivity contribution in [3.8, 4) is 11.5 Å². The Labute approximate surface area is 143 Å². The number of nitro benzene ring substituents is 1. The van der Waals surface area contributed by atoms with Crippen LogP contribution in [0.1, 0.15) is 5.56 Å². The molecule has 2 rings (SSSR count). The van der Waals surface area contributed by atoms with Crippen LogP contribution in [0.2, 0.25) is 5.02 Å². The quantitative estimate of drug-likeness (QED) is 0.635. The third kappa shape index (κ3) is 4.36. The Morgan fingerprint density at radius 2 is 1.96 bits per heavy atom. The van der Waals surface area contributed by atoms with Crippen LogP contribution in [0.4, 0.5) is 11.4 Å². The maximum atomic E-state index is 12.0. The number of nitro groups is 1. The number of ether oxygens (including phenoxy) is 2. The smallest absolute Gasteiger partial charge is 0.311 e. The lowest BCUT2D eigenvalue weighted by Crippen LogP contribution is -2.20. The summed E-state index contributed by atoms with van der Waals surface area (Å²) in [4.78, 5) is 22.5. The summed E-state index contributed by atoms with van der Waals surface area (Å²) in [5, 5.41) is 14.0. The van der Waals surface area contributed by atoms with Gasteiger partial charge in [-0.05, 0) is 36.8 Å². The Hall–Kier alpha value is -2.80. The number of methoxy groups -OCH3 is 1. The third-order valence-electron chi connectivity index (χ3n) is 3.11. The maximum Gasteiger partial charge on any atom is 0.311 e. The minimum absolute atomic E-state index is 0.0267. The second-order valence-electron chi connectivity index (χ2n) is 4.91. The van der Waals surface area contributed by atoms with Gasteiger partial charge in [-0.25, -0.2) is 0 Å². The van der Waals surface area contributed by atoms with E-state index < -0.39 is 10.8 Å². The van der Waals surface area contributed by atoms with Crippen LogP contribution in [-0.4, -0.2) is 24.5 Å². The predicted octanol–water partition coefficient (Wildman–Crippen LogP) is 3.58. The first-order chi connectivity index (χ1) is 11.4. The van der Waals surface area contributed by atoms with E-state index in [2.05, 4.69) is 5.32 Å². The molecule has 7 nitrogen and oxygen atoms in total. The molecular weight excluding hydrogens is 336 g/mol. The lowest BCUT2D eigenvalue weighted by Gasteiger charge is -2.11. The van der Waals surface area contributed by atoms with Crippen molar-refractivity contribution in [2.45, 2.75) is 6.92 Å². The number of carbonyl (C=O) groups excluding carboxylic acids is 1. The monoisotopic (exact) mass is 350 g/mol. The molecule has 1 N–H and O–H groups in total. The van der Waals surface area contributed by atoms with E-state index in [0.29, 0.717) is 16.5 Å². The maximum absolute atomic E-state index is 12.0. The molecular formula is C16H15ClN2O5. The fraction of sp³-hybridized carbons (Fsp3) is 0.188. The average Bonchev–Trinajstić information content (AvgIpc) is 2.53. The molecule has 0 atom stereocenters. The van der Waals surface area contributed by atoms with E-state index >= 15 is 0 Å². The van der Waals surface area contributed by atoms with Crippen molar-refractivity contribution < 1.29 is 19.2 Å². The number of nitrogens with one attached hydrogen (secondary N) is 1. The van der Waals surface area contributed by atoms with E-state index in [1.165, 1.54) is 25.3 Å². The fourth-order valence-electron chi connectivity index (χ4n) is 2.00. The van der Waals surface area contributed by atoms with Crippen LogP contribution in [0, 0.1) is 17.0 Å². The number of amides is 1. The summed E-state index contributed by atoms with van der Waals surface area (Å²) in [5.41, 5.74) is 0.919. The Bertz CT molecular complexity index is 779. The van der Waals surface area contributed by atoms with Gasteiger partial charge in [-0.2, -0.15) is 0 Å². The molecule has 0 unspecified atom stereocenters. The fourth-order valence-corrected chi connectivity index (χ4v) is 2.17. The molecule has 0 saturated carbocycles. The van der Waals surface area contributed by atoms with E-state index in [1.807, 2.05) is 0 Å². The molecule has 0 fully saturated rings. The molecule has 0 aliphatic carbocycles. The Kier molecular flexibility index (Phi) is 5.59. The molecule has 0 aliphatic heterocycles. The molecule has 126 valence electrons. The zero-order chi connectivity index (χ0) is 17.7. The van der Waals surface area contributed by atoms with Gasteiger partial charge in [0.05, 0.1) is 17.7 Å². The van der Waals surface area contributed by atoms with Crippen molar-refractivity contribution in [3.63, 3.8) is 0 Å². The van der Waals surface area contributed by atoms with Crippen molar-refractivity contribution in [2.75, 3.05) is 19.0 Å². The summed E-state index contributed by atoms with van der Waals surface area (Å²) in [7, 11) is 1.46. The number of benzene rings is 2. The van der Waals surface area contributed by atoms with Gasteiger partial charge >= 0.3 is 5.69 Å². The van der Waals surface area contributed by atoms with Crippen molar-refractivity contribution in [1.82, 2.24) is 0 Å². The molecule has 0 aliphatic rings. The van der Waals surface area contributed by atoms with Crippen molar-refractivity contribution in [1.29, 1.82) is 0 Å². The molecule has 8 heteroatoms. The summed E-state index contributed by atoms with van der Waals surface area (Å²) < 4.78 is 10.4. The lowest BCUT2D eigenvalue weighted by molar-refractivity contribution is -0.385. The van der Waals surface area contributed by atoms with Gasteiger partial charge in [0.1, 0.15) is 5.75 Å². The molecule has 1 amide bonds. The number of rotatable bonds is 6. The van der Waals surface area contributed by atoms with Gasteiger partial charge in [0.25, 0.3) is 5.91 Å². The van der Waals surface area contributed by atoms with Crippen LogP contribution >= 0.6 is 11.6 Å². The van der Waals surface area contributed by atoms with E-state index in [0.717, 1.165) is 5.56 Å². The van der Waals surface area contributed by atoms with Gasteiger partial charge in [0.2, 0.25) is 0 Å². The standard InChI is InChI=1S/C16H15ClN2O5/c1-10-3-5-15(13(7-10)19(21)22)24-9-16(20)18-12-8-11(17)4-6-14(12)23-2/h3-8H,9H2,1-2H3,(H,18,20). The van der Waals surface area contributed by atoms with Gasteiger partial charge in [0, 0.05) is 11.1 Å². The lowest BCUT2D eigenvalue weighted by atomic mass is 10.2. The van der Waals surface area contributed by atoms with E-state index in [9.17, 15) is 14.9 Å². The Balaban J connectivity index is 2.07. The van der Waals surface area contributed by atoms with Gasteiger partial charge in [0.15, 0.2) is 12.4 Å². The highest BCUT2D eigenvalue weighted by Crippen LogP contribution is 2.29. The second kappa shape index (κ2) is 7.65. The summed E-state index contributed by atoms with van der Waals surface area (Å²) in [6.45, 7) is 1.34. The molecule has 0 bridgehead atoms. The van der Waals surface area contributed by atoms with Crippen LogP contribution in [-0.2, 0) is 4.79 Å².